The fourth-order valence-electron chi connectivity index (χ4n) is 3.66. The summed E-state index contributed by atoms with van der Waals surface area (Å²) in [6, 6.07) is 19.4. The maximum Gasteiger partial charge on any atom is 0.339 e. The Hall–Kier alpha value is -2.72. The molecular formula is C22H22N2O2. The Morgan fingerprint density at radius 3 is 2.46 bits per heavy atom. The van der Waals surface area contributed by atoms with Crippen LogP contribution in [-0.2, 0) is 10.3 Å². The standard InChI is InChI=1S/C22H22N2O2/c1-24-15-12-22(13-16-24,26-21(25)18-8-3-2-4-9-18)20-19-10-6-5-7-17(19)11-14-23-20/h2-11,14H,12-13,15-16H2,1H3. The molecule has 4 rings (SSSR count). The molecule has 1 aromatic heterocycles. The lowest BCUT2D eigenvalue weighted by Crippen LogP contribution is -2.44. The summed E-state index contributed by atoms with van der Waals surface area (Å²) >= 11 is 0. The summed E-state index contributed by atoms with van der Waals surface area (Å²) in [5.74, 6) is -0.287. The van der Waals surface area contributed by atoms with Crippen LogP contribution in [0.1, 0.15) is 28.9 Å². The van der Waals surface area contributed by atoms with Gasteiger partial charge in [-0.15, -0.1) is 0 Å². The third kappa shape index (κ3) is 3.08. The lowest BCUT2D eigenvalue weighted by molar-refractivity contribution is -0.0538. The van der Waals surface area contributed by atoms with Crippen LogP contribution in [0.2, 0.25) is 0 Å². The molecule has 0 saturated carbocycles. The van der Waals surface area contributed by atoms with Gasteiger partial charge >= 0.3 is 5.97 Å². The van der Waals surface area contributed by atoms with E-state index < -0.39 is 5.60 Å². The molecule has 0 N–H and O–H groups in total. The summed E-state index contributed by atoms with van der Waals surface area (Å²) in [6.07, 6.45) is 3.29. The summed E-state index contributed by atoms with van der Waals surface area (Å²) in [5.41, 5.74) is 0.749. The monoisotopic (exact) mass is 346 g/mol. The van der Waals surface area contributed by atoms with Gasteiger partial charge in [-0.25, -0.2) is 4.79 Å². The largest absolute Gasteiger partial charge is 0.449 e. The third-order valence-corrected chi connectivity index (χ3v) is 5.20. The van der Waals surface area contributed by atoms with Crippen LogP contribution < -0.4 is 0 Å². The molecule has 0 unspecified atom stereocenters. The SMILES string of the molecule is CN1CCC(OC(=O)c2ccccc2)(c2nccc3ccccc23)CC1. The van der Waals surface area contributed by atoms with Gasteiger partial charge in [0.2, 0.25) is 0 Å². The number of esters is 1. The van der Waals surface area contributed by atoms with Gasteiger partial charge in [0.1, 0.15) is 0 Å². The number of pyridine rings is 1. The van der Waals surface area contributed by atoms with Crippen LogP contribution >= 0.6 is 0 Å². The van der Waals surface area contributed by atoms with E-state index in [4.69, 9.17) is 4.74 Å². The second-order valence-corrected chi connectivity index (χ2v) is 6.93. The molecule has 2 heterocycles. The zero-order chi connectivity index (χ0) is 18.0. The highest BCUT2D eigenvalue weighted by Crippen LogP contribution is 2.39. The Morgan fingerprint density at radius 2 is 1.69 bits per heavy atom. The molecule has 0 spiro atoms. The van der Waals surface area contributed by atoms with Crippen molar-refractivity contribution < 1.29 is 9.53 Å². The van der Waals surface area contributed by atoms with Crippen LogP contribution in [0.3, 0.4) is 0 Å². The van der Waals surface area contributed by atoms with E-state index in [0.29, 0.717) is 5.56 Å². The van der Waals surface area contributed by atoms with Gasteiger partial charge in [0, 0.05) is 37.5 Å². The van der Waals surface area contributed by atoms with Crippen LogP contribution in [0.25, 0.3) is 10.8 Å². The van der Waals surface area contributed by atoms with Crippen LogP contribution in [0.4, 0.5) is 0 Å². The van der Waals surface area contributed by atoms with Gasteiger partial charge < -0.3 is 9.64 Å². The Morgan fingerprint density at radius 1 is 1.00 bits per heavy atom. The third-order valence-electron chi connectivity index (χ3n) is 5.20. The molecule has 26 heavy (non-hydrogen) atoms. The minimum Gasteiger partial charge on any atom is -0.449 e. The molecule has 1 saturated heterocycles. The number of nitrogens with zero attached hydrogens (tertiary/aromatic N) is 2. The Labute approximate surface area is 153 Å². The van der Waals surface area contributed by atoms with Crippen molar-refractivity contribution in [3.63, 3.8) is 0 Å². The first-order chi connectivity index (χ1) is 12.7. The van der Waals surface area contributed by atoms with Crippen molar-refractivity contribution in [3.8, 4) is 0 Å². The fraction of sp³-hybridized carbons (Fsp3) is 0.273. The zero-order valence-electron chi connectivity index (χ0n) is 14.9. The summed E-state index contributed by atoms with van der Waals surface area (Å²) in [6.45, 7) is 1.74. The number of carbonyl (C=O) groups excluding carboxylic acids is 1. The van der Waals surface area contributed by atoms with Gasteiger partial charge in [-0.2, -0.15) is 0 Å². The molecule has 132 valence electrons. The number of rotatable bonds is 3. The van der Waals surface area contributed by atoms with Crippen molar-refractivity contribution in [1.29, 1.82) is 0 Å². The topological polar surface area (TPSA) is 42.4 Å². The predicted octanol–water partition coefficient (Wildman–Crippen LogP) is 4.01. The number of aromatic nitrogens is 1. The first-order valence-electron chi connectivity index (χ1n) is 8.99. The quantitative estimate of drug-likeness (QED) is 0.672. The summed E-state index contributed by atoms with van der Waals surface area (Å²) < 4.78 is 6.18. The van der Waals surface area contributed by atoms with Crippen molar-refractivity contribution in [2.75, 3.05) is 20.1 Å². The Kier molecular flexibility index (Phi) is 4.43. The first kappa shape index (κ1) is 16.7. The first-order valence-corrected chi connectivity index (χ1v) is 8.99. The lowest BCUT2D eigenvalue weighted by Gasteiger charge is -2.40. The molecule has 2 aromatic carbocycles. The van der Waals surface area contributed by atoms with Crippen molar-refractivity contribution in [3.05, 3.63) is 78.1 Å². The molecule has 0 bridgehead atoms. The highest BCUT2D eigenvalue weighted by Gasteiger charge is 2.41. The van der Waals surface area contributed by atoms with Crippen LogP contribution in [0.5, 0.6) is 0 Å². The lowest BCUT2D eigenvalue weighted by atomic mass is 9.85. The van der Waals surface area contributed by atoms with Crippen LogP contribution in [0.15, 0.2) is 66.9 Å². The van der Waals surface area contributed by atoms with Gasteiger partial charge in [-0.05, 0) is 30.6 Å². The number of likely N-dealkylation sites (tertiary alicyclic amines) is 1. The van der Waals surface area contributed by atoms with Crippen LogP contribution in [-0.4, -0.2) is 36.0 Å². The van der Waals surface area contributed by atoms with E-state index in [-0.39, 0.29) is 5.97 Å². The maximum atomic E-state index is 12.8. The number of carbonyl (C=O) groups is 1. The molecule has 0 radical (unpaired) electrons. The molecule has 4 heteroatoms. The number of ether oxygens (including phenoxy) is 1. The van der Waals surface area contributed by atoms with Gasteiger partial charge in [-0.1, -0.05) is 42.5 Å². The van der Waals surface area contributed by atoms with E-state index in [9.17, 15) is 4.79 Å². The fourth-order valence-corrected chi connectivity index (χ4v) is 3.66. The number of fused-ring (bicyclic) bond motifs is 1. The van der Waals surface area contributed by atoms with Crippen molar-refractivity contribution in [1.82, 2.24) is 9.88 Å². The van der Waals surface area contributed by atoms with E-state index in [1.807, 2.05) is 42.6 Å². The zero-order valence-corrected chi connectivity index (χ0v) is 14.9. The predicted molar refractivity (Wildman–Crippen MR) is 102 cm³/mol. The van der Waals surface area contributed by atoms with E-state index in [0.717, 1.165) is 42.4 Å². The van der Waals surface area contributed by atoms with Gasteiger partial charge in [0.05, 0.1) is 11.3 Å². The van der Waals surface area contributed by atoms with Gasteiger partial charge in [0.15, 0.2) is 5.60 Å². The number of hydrogen-bond donors (Lipinski definition) is 0. The minimum atomic E-state index is -0.694. The molecule has 1 aliphatic rings. The molecule has 0 amide bonds. The molecule has 1 aliphatic heterocycles. The van der Waals surface area contributed by atoms with Crippen LogP contribution in [0, 0.1) is 0 Å². The maximum absolute atomic E-state index is 12.8. The van der Waals surface area contributed by atoms with Crippen molar-refractivity contribution >= 4 is 16.7 Å². The number of benzene rings is 2. The molecule has 4 nitrogen and oxygen atoms in total. The number of piperidine rings is 1. The smallest absolute Gasteiger partial charge is 0.339 e. The Bertz CT molecular complexity index is 910. The molecular weight excluding hydrogens is 324 g/mol. The average molecular weight is 346 g/mol. The van der Waals surface area contributed by atoms with Crippen molar-refractivity contribution in [2.24, 2.45) is 0 Å². The average Bonchev–Trinajstić information content (AvgIpc) is 2.70. The van der Waals surface area contributed by atoms with Crippen molar-refractivity contribution in [2.45, 2.75) is 18.4 Å². The summed E-state index contributed by atoms with van der Waals surface area (Å²) in [4.78, 5) is 19.8. The van der Waals surface area contributed by atoms with Gasteiger partial charge in [-0.3, -0.25) is 4.98 Å². The Balaban J connectivity index is 1.78. The second kappa shape index (κ2) is 6.89. The summed E-state index contributed by atoms with van der Waals surface area (Å²) in [7, 11) is 2.10. The van der Waals surface area contributed by atoms with E-state index >= 15 is 0 Å². The minimum absolute atomic E-state index is 0.287. The van der Waals surface area contributed by atoms with Gasteiger partial charge in [0.25, 0.3) is 0 Å². The normalized spacial score (nSPS) is 17.1. The number of hydrogen-bond acceptors (Lipinski definition) is 4. The molecule has 0 atom stereocenters. The highest BCUT2D eigenvalue weighted by atomic mass is 16.6. The summed E-state index contributed by atoms with van der Waals surface area (Å²) in [5, 5.41) is 2.17. The van der Waals surface area contributed by atoms with E-state index in [2.05, 4.69) is 29.1 Å². The van der Waals surface area contributed by atoms with E-state index in [1.54, 1.807) is 12.1 Å². The second-order valence-electron chi connectivity index (χ2n) is 6.93. The molecule has 3 aromatic rings. The van der Waals surface area contributed by atoms with E-state index in [1.165, 1.54) is 0 Å². The molecule has 0 aliphatic carbocycles. The molecule has 1 fully saturated rings. The highest BCUT2D eigenvalue weighted by molar-refractivity contribution is 5.90.